The first-order chi connectivity index (χ1) is 6.34. The van der Waals surface area contributed by atoms with Crippen LogP contribution in [0.1, 0.15) is 13.3 Å². The molecular formula is C9H18N2O2. The maximum Gasteiger partial charge on any atom is 0.0982 e. The number of morpholine rings is 1. The molecule has 0 spiro atoms. The Morgan fingerprint density at radius 1 is 1.46 bits per heavy atom. The van der Waals surface area contributed by atoms with Gasteiger partial charge in [-0.1, -0.05) is 0 Å². The molecule has 0 aromatic heterocycles. The zero-order valence-corrected chi connectivity index (χ0v) is 8.21. The number of rotatable bonds is 4. The molecule has 0 aliphatic carbocycles. The highest BCUT2D eigenvalue weighted by molar-refractivity contribution is 5.79. The summed E-state index contributed by atoms with van der Waals surface area (Å²) in [4.78, 5) is 2.06. The number of hydrogen-bond acceptors (Lipinski definition) is 3. The Morgan fingerprint density at radius 3 is 2.77 bits per heavy atom. The molecule has 0 amide bonds. The Hall–Kier alpha value is -0.610. The van der Waals surface area contributed by atoms with Crippen molar-refractivity contribution in [1.82, 2.24) is 4.90 Å². The van der Waals surface area contributed by atoms with Gasteiger partial charge in [-0.3, -0.25) is 5.41 Å². The normalized spacial score (nSPS) is 17.5. The summed E-state index contributed by atoms with van der Waals surface area (Å²) in [6.07, 6.45) is 0.716. The van der Waals surface area contributed by atoms with Gasteiger partial charge in [0.05, 0.1) is 25.7 Å². The van der Waals surface area contributed by atoms with Crippen molar-refractivity contribution in [2.45, 2.75) is 13.3 Å². The van der Waals surface area contributed by atoms with Gasteiger partial charge in [0.15, 0.2) is 0 Å². The molecule has 1 saturated heterocycles. The lowest BCUT2D eigenvalue weighted by Gasteiger charge is -2.28. The predicted molar refractivity (Wildman–Crippen MR) is 51.2 cm³/mol. The highest BCUT2D eigenvalue weighted by Crippen LogP contribution is 2.00. The molecule has 76 valence electrons. The number of ether oxygens (including phenoxy) is 2. The first kappa shape index (κ1) is 10.5. The Bertz CT molecular complexity index is 156. The van der Waals surface area contributed by atoms with E-state index in [1.165, 1.54) is 0 Å². The highest BCUT2D eigenvalue weighted by Gasteiger charge is 2.12. The molecular weight excluding hydrogens is 168 g/mol. The van der Waals surface area contributed by atoms with Crippen molar-refractivity contribution < 1.29 is 9.47 Å². The first-order valence-electron chi connectivity index (χ1n) is 4.82. The van der Waals surface area contributed by atoms with Crippen molar-refractivity contribution in [1.29, 1.82) is 5.41 Å². The molecule has 0 atom stereocenters. The monoisotopic (exact) mass is 186 g/mol. The van der Waals surface area contributed by atoms with Crippen molar-refractivity contribution in [2.75, 3.05) is 39.5 Å². The van der Waals surface area contributed by atoms with Crippen LogP contribution in [-0.4, -0.2) is 50.3 Å². The average Bonchev–Trinajstić information content (AvgIpc) is 2.19. The predicted octanol–water partition coefficient (Wildman–Crippen LogP) is 0.722. The quantitative estimate of drug-likeness (QED) is 0.400. The zero-order chi connectivity index (χ0) is 9.52. The summed E-state index contributed by atoms with van der Waals surface area (Å²) in [5.74, 6) is 0.678. The van der Waals surface area contributed by atoms with Gasteiger partial charge in [0.2, 0.25) is 0 Å². The summed E-state index contributed by atoms with van der Waals surface area (Å²) < 4.78 is 10.4. The molecule has 0 aromatic carbocycles. The van der Waals surface area contributed by atoms with Gasteiger partial charge in [-0.15, -0.1) is 0 Å². The molecule has 1 aliphatic heterocycles. The van der Waals surface area contributed by atoms with E-state index >= 15 is 0 Å². The minimum absolute atomic E-state index is 0.659. The molecule has 1 fully saturated rings. The second-order valence-electron chi connectivity index (χ2n) is 2.99. The van der Waals surface area contributed by atoms with Crippen molar-refractivity contribution in [2.24, 2.45) is 0 Å². The van der Waals surface area contributed by atoms with Crippen molar-refractivity contribution in [3.05, 3.63) is 0 Å². The van der Waals surface area contributed by atoms with Crippen LogP contribution in [-0.2, 0) is 9.47 Å². The van der Waals surface area contributed by atoms with Gasteiger partial charge in [0, 0.05) is 26.1 Å². The van der Waals surface area contributed by atoms with Crippen LogP contribution in [0.3, 0.4) is 0 Å². The molecule has 1 N–H and O–H groups in total. The summed E-state index contributed by atoms with van der Waals surface area (Å²) in [6.45, 7) is 6.56. The minimum Gasteiger partial charge on any atom is -0.381 e. The van der Waals surface area contributed by atoms with Gasteiger partial charge in [-0.05, 0) is 6.92 Å². The Kier molecular flexibility index (Phi) is 4.78. The first-order valence-corrected chi connectivity index (χ1v) is 4.82. The van der Waals surface area contributed by atoms with Gasteiger partial charge in [0.1, 0.15) is 0 Å². The zero-order valence-electron chi connectivity index (χ0n) is 8.21. The number of nitrogens with one attached hydrogen (secondary N) is 1. The topological polar surface area (TPSA) is 45.5 Å². The minimum atomic E-state index is 0.659. The van der Waals surface area contributed by atoms with Crippen molar-refractivity contribution in [3.63, 3.8) is 0 Å². The van der Waals surface area contributed by atoms with Crippen molar-refractivity contribution in [3.8, 4) is 0 Å². The van der Waals surface area contributed by atoms with Crippen LogP contribution in [0.15, 0.2) is 0 Å². The maximum atomic E-state index is 7.75. The van der Waals surface area contributed by atoms with E-state index in [-0.39, 0.29) is 0 Å². The van der Waals surface area contributed by atoms with Crippen LogP contribution >= 0.6 is 0 Å². The van der Waals surface area contributed by atoms with Crippen LogP contribution in [0, 0.1) is 5.41 Å². The van der Waals surface area contributed by atoms with E-state index in [1.807, 2.05) is 6.92 Å². The molecule has 1 heterocycles. The van der Waals surface area contributed by atoms with E-state index < -0.39 is 0 Å². The third-order valence-electron chi connectivity index (χ3n) is 2.08. The number of amidine groups is 1. The molecule has 0 bridgehead atoms. The fourth-order valence-corrected chi connectivity index (χ4v) is 1.30. The van der Waals surface area contributed by atoms with E-state index in [2.05, 4.69) is 4.90 Å². The second kappa shape index (κ2) is 5.94. The Labute approximate surface area is 79.3 Å². The lowest BCUT2D eigenvalue weighted by molar-refractivity contribution is 0.0654. The van der Waals surface area contributed by atoms with E-state index in [4.69, 9.17) is 14.9 Å². The molecule has 4 nitrogen and oxygen atoms in total. The van der Waals surface area contributed by atoms with Crippen molar-refractivity contribution >= 4 is 5.84 Å². The van der Waals surface area contributed by atoms with Crippen LogP contribution in [0.2, 0.25) is 0 Å². The summed E-state index contributed by atoms with van der Waals surface area (Å²) in [6, 6.07) is 0. The van der Waals surface area contributed by atoms with Crippen LogP contribution in [0.4, 0.5) is 0 Å². The van der Waals surface area contributed by atoms with Crippen LogP contribution in [0.5, 0.6) is 0 Å². The summed E-state index contributed by atoms with van der Waals surface area (Å²) in [5.41, 5.74) is 0. The number of nitrogens with zero attached hydrogens (tertiary/aromatic N) is 1. The summed E-state index contributed by atoms with van der Waals surface area (Å²) in [5, 5.41) is 7.75. The second-order valence-corrected chi connectivity index (χ2v) is 2.99. The molecule has 1 aliphatic rings. The van der Waals surface area contributed by atoms with E-state index in [0.717, 1.165) is 32.9 Å². The molecule has 0 radical (unpaired) electrons. The molecule has 0 aromatic rings. The third-order valence-corrected chi connectivity index (χ3v) is 2.08. The summed E-state index contributed by atoms with van der Waals surface area (Å²) >= 11 is 0. The molecule has 0 saturated carbocycles. The smallest absolute Gasteiger partial charge is 0.0982 e. The Morgan fingerprint density at radius 2 is 2.15 bits per heavy atom. The lowest BCUT2D eigenvalue weighted by Crippen LogP contribution is -2.40. The van der Waals surface area contributed by atoms with Crippen LogP contribution in [0.25, 0.3) is 0 Å². The third kappa shape index (κ3) is 3.74. The van der Waals surface area contributed by atoms with Gasteiger partial charge in [-0.2, -0.15) is 0 Å². The largest absolute Gasteiger partial charge is 0.381 e. The van der Waals surface area contributed by atoms with Gasteiger partial charge in [-0.25, -0.2) is 0 Å². The average molecular weight is 186 g/mol. The molecule has 13 heavy (non-hydrogen) atoms. The molecule has 4 heteroatoms. The molecule has 0 unspecified atom stereocenters. The van der Waals surface area contributed by atoms with E-state index in [9.17, 15) is 0 Å². The van der Waals surface area contributed by atoms with Gasteiger partial charge < -0.3 is 14.4 Å². The maximum absolute atomic E-state index is 7.75. The standard InChI is InChI=1S/C9H18N2O2/c1-2-12-6-3-9(10)11-4-7-13-8-5-11/h10H,2-8H2,1H3. The fourth-order valence-electron chi connectivity index (χ4n) is 1.30. The fraction of sp³-hybridized carbons (Fsp3) is 0.889. The van der Waals surface area contributed by atoms with E-state index in [1.54, 1.807) is 0 Å². The SMILES string of the molecule is CCOCCC(=N)N1CCOCC1. The van der Waals surface area contributed by atoms with Crippen LogP contribution < -0.4 is 0 Å². The van der Waals surface area contributed by atoms with Gasteiger partial charge in [0.25, 0.3) is 0 Å². The molecule has 1 rings (SSSR count). The highest BCUT2D eigenvalue weighted by atomic mass is 16.5. The van der Waals surface area contributed by atoms with E-state index in [0.29, 0.717) is 18.9 Å². The number of hydrogen-bond donors (Lipinski definition) is 1. The Balaban J connectivity index is 2.13. The summed E-state index contributed by atoms with van der Waals surface area (Å²) in [7, 11) is 0. The lowest BCUT2D eigenvalue weighted by atomic mass is 10.3. The van der Waals surface area contributed by atoms with Gasteiger partial charge >= 0.3 is 0 Å².